The number of carbonyl (C=O) groups excluding carboxylic acids is 1. The van der Waals surface area contributed by atoms with E-state index >= 15 is 0 Å². The molecule has 8 nitrogen and oxygen atoms in total. The summed E-state index contributed by atoms with van der Waals surface area (Å²) in [5.41, 5.74) is 0.270. The van der Waals surface area contributed by atoms with Gasteiger partial charge >= 0.3 is 0 Å². The largest absolute Gasteiger partial charge is 0.389 e. The second kappa shape index (κ2) is 8.76. The average Bonchev–Trinajstić information content (AvgIpc) is 3.34. The van der Waals surface area contributed by atoms with E-state index in [1.54, 1.807) is 6.92 Å². The SMILES string of the molecule is CCS(=O)(=O)c1ccc(C(=NO[C@@H]2CCOC2)C(=O)Nc2ncc(F)s2)cc1. The first-order valence-corrected chi connectivity index (χ1v) is 10.9. The first-order chi connectivity index (χ1) is 13.4. The number of nitrogens with one attached hydrogen (secondary N) is 1. The maximum atomic E-state index is 13.1. The molecule has 3 rings (SSSR count). The minimum absolute atomic E-state index is 0.0335. The van der Waals surface area contributed by atoms with Gasteiger partial charge in [-0.15, -0.1) is 0 Å². The van der Waals surface area contributed by atoms with E-state index in [0.717, 1.165) is 6.20 Å². The van der Waals surface area contributed by atoms with E-state index in [4.69, 9.17) is 9.57 Å². The zero-order chi connectivity index (χ0) is 20.1. The van der Waals surface area contributed by atoms with E-state index in [9.17, 15) is 17.6 Å². The molecule has 1 amide bonds. The Morgan fingerprint density at radius 1 is 1.43 bits per heavy atom. The highest BCUT2D eigenvalue weighted by Gasteiger charge is 2.22. The number of benzene rings is 1. The summed E-state index contributed by atoms with van der Waals surface area (Å²) in [6.45, 7) is 2.46. The van der Waals surface area contributed by atoms with Crippen LogP contribution in [0.4, 0.5) is 9.52 Å². The molecule has 2 heterocycles. The van der Waals surface area contributed by atoms with Crippen molar-refractivity contribution in [1.82, 2.24) is 4.98 Å². The van der Waals surface area contributed by atoms with Crippen molar-refractivity contribution in [3.05, 3.63) is 41.2 Å². The van der Waals surface area contributed by atoms with Crippen LogP contribution in [-0.2, 0) is 24.2 Å². The van der Waals surface area contributed by atoms with Crippen LogP contribution in [-0.4, -0.2) is 50.1 Å². The molecule has 1 aliphatic heterocycles. The fourth-order valence-corrected chi connectivity index (χ4v) is 3.83. The number of hydrogen-bond donors (Lipinski definition) is 1. The monoisotopic (exact) mass is 427 g/mol. The van der Waals surface area contributed by atoms with E-state index in [1.807, 2.05) is 0 Å². The maximum absolute atomic E-state index is 13.1. The predicted octanol–water partition coefficient (Wildman–Crippen LogP) is 2.22. The van der Waals surface area contributed by atoms with Gasteiger partial charge in [-0.25, -0.2) is 13.4 Å². The first kappa shape index (κ1) is 20.4. The number of carbonyl (C=O) groups is 1. The number of ether oxygens (including phenoxy) is 1. The Hall–Kier alpha value is -2.37. The van der Waals surface area contributed by atoms with Gasteiger partial charge in [-0.1, -0.05) is 35.5 Å². The predicted molar refractivity (Wildman–Crippen MR) is 102 cm³/mol. The fourth-order valence-electron chi connectivity index (χ4n) is 2.40. The average molecular weight is 427 g/mol. The van der Waals surface area contributed by atoms with Gasteiger partial charge in [0.1, 0.15) is 0 Å². The summed E-state index contributed by atoms with van der Waals surface area (Å²) in [5, 5.41) is 5.94. The number of oxime groups is 1. The van der Waals surface area contributed by atoms with Gasteiger partial charge in [0.15, 0.2) is 31.9 Å². The van der Waals surface area contributed by atoms with Crippen LogP contribution in [0.1, 0.15) is 18.9 Å². The molecular weight excluding hydrogens is 409 g/mol. The lowest BCUT2D eigenvalue weighted by Crippen LogP contribution is -2.25. The Morgan fingerprint density at radius 3 is 2.75 bits per heavy atom. The van der Waals surface area contributed by atoms with Crippen LogP contribution in [0.5, 0.6) is 0 Å². The smallest absolute Gasteiger partial charge is 0.280 e. The second-order valence-electron chi connectivity index (χ2n) is 5.88. The van der Waals surface area contributed by atoms with E-state index in [0.29, 0.717) is 36.5 Å². The molecule has 150 valence electrons. The Morgan fingerprint density at radius 2 is 2.18 bits per heavy atom. The van der Waals surface area contributed by atoms with E-state index < -0.39 is 20.9 Å². The maximum Gasteiger partial charge on any atom is 0.280 e. The molecule has 1 fully saturated rings. The van der Waals surface area contributed by atoms with Gasteiger partial charge in [0.25, 0.3) is 5.91 Å². The van der Waals surface area contributed by atoms with Crippen molar-refractivity contribution in [3.8, 4) is 0 Å². The van der Waals surface area contributed by atoms with Gasteiger partial charge in [0, 0.05) is 12.0 Å². The number of halogens is 1. The third-order valence-electron chi connectivity index (χ3n) is 3.96. The Kier molecular flexibility index (Phi) is 6.37. The third kappa shape index (κ3) is 4.91. The van der Waals surface area contributed by atoms with Crippen LogP contribution in [0.2, 0.25) is 0 Å². The summed E-state index contributed by atoms with van der Waals surface area (Å²) < 4.78 is 42.3. The summed E-state index contributed by atoms with van der Waals surface area (Å²) in [6.07, 6.45) is 1.36. The van der Waals surface area contributed by atoms with Crippen molar-refractivity contribution in [2.24, 2.45) is 5.16 Å². The second-order valence-corrected chi connectivity index (χ2v) is 9.14. The molecule has 11 heteroatoms. The number of sulfone groups is 1. The lowest BCUT2D eigenvalue weighted by molar-refractivity contribution is -0.110. The number of thiazole rings is 1. The van der Waals surface area contributed by atoms with Crippen LogP contribution in [0.3, 0.4) is 0 Å². The van der Waals surface area contributed by atoms with Crippen molar-refractivity contribution >= 4 is 37.9 Å². The highest BCUT2D eigenvalue weighted by molar-refractivity contribution is 7.91. The van der Waals surface area contributed by atoms with Gasteiger partial charge in [-0.2, -0.15) is 4.39 Å². The van der Waals surface area contributed by atoms with Crippen LogP contribution in [0.25, 0.3) is 0 Å². The van der Waals surface area contributed by atoms with Crippen molar-refractivity contribution in [2.45, 2.75) is 24.3 Å². The highest BCUT2D eigenvalue weighted by Crippen LogP contribution is 2.18. The van der Waals surface area contributed by atoms with Gasteiger partial charge in [-0.3, -0.25) is 10.1 Å². The molecule has 1 aliphatic rings. The van der Waals surface area contributed by atoms with E-state index in [-0.39, 0.29) is 27.6 Å². The summed E-state index contributed by atoms with van der Waals surface area (Å²) in [7, 11) is -3.37. The number of aromatic nitrogens is 1. The molecule has 28 heavy (non-hydrogen) atoms. The molecule has 0 unspecified atom stereocenters. The zero-order valence-electron chi connectivity index (χ0n) is 14.9. The minimum Gasteiger partial charge on any atom is -0.389 e. The standard InChI is InChI=1S/C17H18FN3O5S2/c1-2-28(23,24)13-5-3-11(4-6-13)15(21-26-12-7-8-25-10-12)16(22)20-17-19-9-14(18)27-17/h3-6,9,12H,2,7-8,10H2,1H3,(H,19,20,22)/t12-/m1/s1. The van der Waals surface area contributed by atoms with Crippen molar-refractivity contribution in [1.29, 1.82) is 0 Å². The van der Waals surface area contributed by atoms with Crippen molar-refractivity contribution in [3.63, 3.8) is 0 Å². The molecule has 1 saturated heterocycles. The molecule has 1 aromatic heterocycles. The normalized spacial score (nSPS) is 17.5. The molecule has 0 radical (unpaired) electrons. The van der Waals surface area contributed by atoms with E-state index in [2.05, 4.69) is 15.5 Å². The summed E-state index contributed by atoms with van der Waals surface area (Å²) in [5.74, 6) is -0.687. The molecule has 0 saturated carbocycles. The number of amides is 1. The van der Waals surface area contributed by atoms with E-state index in [1.165, 1.54) is 24.3 Å². The zero-order valence-corrected chi connectivity index (χ0v) is 16.6. The number of hydrogen-bond acceptors (Lipinski definition) is 8. The Balaban J connectivity index is 1.86. The third-order valence-corrected chi connectivity index (χ3v) is 6.41. The number of nitrogens with zero attached hydrogens (tertiary/aromatic N) is 2. The molecule has 0 spiro atoms. The summed E-state index contributed by atoms with van der Waals surface area (Å²) >= 11 is 0.676. The molecular formula is C17H18FN3O5S2. The highest BCUT2D eigenvalue weighted by atomic mass is 32.2. The summed E-state index contributed by atoms with van der Waals surface area (Å²) in [6, 6.07) is 5.74. The molecule has 1 atom stereocenters. The molecule has 0 bridgehead atoms. The Bertz CT molecular complexity index is 967. The van der Waals surface area contributed by atoms with Crippen LogP contribution < -0.4 is 5.32 Å². The van der Waals surface area contributed by atoms with Crippen molar-refractivity contribution < 1.29 is 27.2 Å². The van der Waals surface area contributed by atoms with Gasteiger partial charge < -0.3 is 9.57 Å². The lowest BCUT2D eigenvalue weighted by atomic mass is 10.1. The van der Waals surface area contributed by atoms with Gasteiger partial charge in [-0.05, 0) is 12.1 Å². The van der Waals surface area contributed by atoms with Crippen LogP contribution >= 0.6 is 11.3 Å². The number of rotatable bonds is 7. The summed E-state index contributed by atoms with van der Waals surface area (Å²) in [4.78, 5) is 21.9. The van der Waals surface area contributed by atoms with Crippen LogP contribution in [0, 0.1) is 5.13 Å². The topological polar surface area (TPSA) is 107 Å². The Labute approximate surface area is 165 Å². The minimum atomic E-state index is -3.37. The lowest BCUT2D eigenvalue weighted by Gasteiger charge is -2.10. The fraction of sp³-hybridized carbons (Fsp3) is 0.353. The molecule has 2 aromatic rings. The van der Waals surface area contributed by atoms with Gasteiger partial charge in [0.05, 0.1) is 30.1 Å². The molecule has 1 aromatic carbocycles. The van der Waals surface area contributed by atoms with Gasteiger partial charge in [0.2, 0.25) is 0 Å². The molecule has 1 N–H and O–H groups in total. The quantitative estimate of drug-likeness (QED) is 0.536. The molecule has 0 aliphatic carbocycles. The van der Waals surface area contributed by atoms with Crippen LogP contribution in [0.15, 0.2) is 40.5 Å². The number of anilines is 1. The first-order valence-electron chi connectivity index (χ1n) is 8.46. The van der Waals surface area contributed by atoms with Crippen molar-refractivity contribution in [2.75, 3.05) is 24.3 Å².